The summed E-state index contributed by atoms with van der Waals surface area (Å²) in [5.74, 6) is -1.45. The number of carbonyl (C=O) groups excluding carboxylic acids is 1. The Bertz CT molecular complexity index is 660. The quantitative estimate of drug-likeness (QED) is 0.852. The minimum absolute atomic E-state index is 0.0578. The number of carbonyl (C=O) groups is 2. The third-order valence-corrected chi connectivity index (χ3v) is 5.26. The standard InChI is InChI=1S/C13H17NO5S2/c1-8(7-21(2,18)19)14(10-3-4-10)12(15)9-5-11(13(16)17)20-6-9/h5-6,8,10H,3-4,7H2,1-2H3,(H,16,17). The van der Waals surface area contributed by atoms with E-state index in [4.69, 9.17) is 5.11 Å². The summed E-state index contributed by atoms with van der Waals surface area (Å²) in [4.78, 5) is 25.1. The maximum Gasteiger partial charge on any atom is 0.345 e. The number of sulfone groups is 1. The van der Waals surface area contributed by atoms with Gasteiger partial charge in [-0.3, -0.25) is 4.79 Å². The van der Waals surface area contributed by atoms with E-state index < -0.39 is 21.8 Å². The van der Waals surface area contributed by atoms with Crippen LogP contribution in [0.25, 0.3) is 0 Å². The van der Waals surface area contributed by atoms with Gasteiger partial charge in [0.05, 0.1) is 11.3 Å². The lowest BCUT2D eigenvalue weighted by Crippen LogP contribution is -2.43. The Kier molecular flexibility index (Phi) is 4.38. The summed E-state index contributed by atoms with van der Waals surface area (Å²) in [7, 11) is -3.18. The topological polar surface area (TPSA) is 91.8 Å². The summed E-state index contributed by atoms with van der Waals surface area (Å²) in [5.41, 5.74) is 0.310. The van der Waals surface area contributed by atoms with Crippen LogP contribution in [0.2, 0.25) is 0 Å². The van der Waals surface area contributed by atoms with E-state index in [0.29, 0.717) is 5.56 Å². The van der Waals surface area contributed by atoms with Crippen LogP contribution in [0.5, 0.6) is 0 Å². The Morgan fingerprint density at radius 3 is 2.52 bits per heavy atom. The minimum Gasteiger partial charge on any atom is -0.477 e. The van der Waals surface area contributed by atoms with Crippen molar-refractivity contribution in [1.82, 2.24) is 4.90 Å². The molecule has 0 saturated heterocycles. The summed E-state index contributed by atoms with van der Waals surface area (Å²) in [5, 5.41) is 10.4. The Morgan fingerprint density at radius 2 is 2.10 bits per heavy atom. The van der Waals surface area contributed by atoms with Crippen LogP contribution in [-0.4, -0.2) is 54.4 Å². The molecule has 21 heavy (non-hydrogen) atoms. The van der Waals surface area contributed by atoms with Crippen molar-refractivity contribution in [2.24, 2.45) is 0 Å². The summed E-state index contributed by atoms with van der Waals surface area (Å²) in [6.45, 7) is 1.71. The zero-order chi connectivity index (χ0) is 15.8. The molecule has 1 aliphatic carbocycles. The molecule has 1 N–H and O–H groups in total. The van der Waals surface area contributed by atoms with Crippen molar-refractivity contribution >= 4 is 33.1 Å². The second-order valence-corrected chi connectivity index (χ2v) is 8.49. The highest BCUT2D eigenvalue weighted by Gasteiger charge is 2.37. The van der Waals surface area contributed by atoms with Gasteiger partial charge in [-0.2, -0.15) is 0 Å². The van der Waals surface area contributed by atoms with Crippen molar-refractivity contribution < 1.29 is 23.1 Å². The fraction of sp³-hybridized carbons (Fsp3) is 0.538. The van der Waals surface area contributed by atoms with Crippen LogP contribution >= 0.6 is 11.3 Å². The summed E-state index contributed by atoms with van der Waals surface area (Å²) in [6, 6.07) is 0.980. The van der Waals surface area contributed by atoms with Crippen LogP contribution in [0.3, 0.4) is 0 Å². The van der Waals surface area contributed by atoms with Crippen molar-refractivity contribution in [3.8, 4) is 0 Å². The van der Waals surface area contributed by atoms with Gasteiger partial charge in [0.25, 0.3) is 5.91 Å². The van der Waals surface area contributed by atoms with E-state index in [1.165, 1.54) is 11.4 Å². The van der Waals surface area contributed by atoms with Gasteiger partial charge < -0.3 is 10.0 Å². The summed E-state index contributed by atoms with van der Waals surface area (Å²) in [6.07, 6.45) is 2.86. The van der Waals surface area contributed by atoms with Crippen molar-refractivity contribution in [2.45, 2.75) is 31.8 Å². The number of carboxylic acids is 1. The molecule has 0 spiro atoms. The Hall–Kier alpha value is -1.41. The zero-order valence-corrected chi connectivity index (χ0v) is 13.4. The van der Waals surface area contributed by atoms with Gasteiger partial charge in [-0.25, -0.2) is 13.2 Å². The molecule has 0 aliphatic heterocycles. The molecule has 1 aromatic rings. The number of nitrogens with zero attached hydrogens (tertiary/aromatic N) is 1. The molecule has 1 saturated carbocycles. The monoisotopic (exact) mass is 331 g/mol. The molecule has 0 bridgehead atoms. The van der Waals surface area contributed by atoms with Gasteiger partial charge >= 0.3 is 5.97 Å². The number of rotatable bonds is 6. The van der Waals surface area contributed by atoms with Gasteiger partial charge in [0, 0.05) is 23.7 Å². The van der Waals surface area contributed by atoms with Crippen molar-refractivity contribution in [1.29, 1.82) is 0 Å². The molecular weight excluding hydrogens is 314 g/mol. The molecule has 6 nitrogen and oxygen atoms in total. The fourth-order valence-corrected chi connectivity index (χ4v) is 4.06. The van der Waals surface area contributed by atoms with E-state index >= 15 is 0 Å². The first kappa shape index (κ1) is 16.0. The number of carboxylic acid groups (broad SMARTS) is 1. The Morgan fingerprint density at radius 1 is 1.48 bits per heavy atom. The van der Waals surface area contributed by atoms with Gasteiger partial charge in [-0.05, 0) is 25.8 Å². The normalized spacial score (nSPS) is 16.5. The largest absolute Gasteiger partial charge is 0.477 e. The van der Waals surface area contributed by atoms with Crippen LogP contribution in [0.15, 0.2) is 11.4 Å². The lowest BCUT2D eigenvalue weighted by atomic mass is 10.2. The van der Waals surface area contributed by atoms with E-state index in [9.17, 15) is 18.0 Å². The molecule has 1 unspecified atom stereocenters. The first-order valence-corrected chi connectivity index (χ1v) is 9.45. The number of amides is 1. The highest BCUT2D eigenvalue weighted by molar-refractivity contribution is 7.90. The lowest BCUT2D eigenvalue weighted by Gasteiger charge is -2.28. The first-order chi connectivity index (χ1) is 9.69. The molecular formula is C13H17NO5S2. The van der Waals surface area contributed by atoms with E-state index in [-0.39, 0.29) is 22.6 Å². The Labute approximate surface area is 127 Å². The predicted octanol–water partition coefficient (Wildman–Crippen LogP) is 1.48. The third kappa shape index (κ3) is 4.04. The minimum atomic E-state index is -3.18. The maximum absolute atomic E-state index is 12.5. The molecule has 1 aliphatic rings. The van der Waals surface area contributed by atoms with Crippen molar-refractivity contribution in [3.63, 3.8) is 0 Å². The predicted molar refractivity (Wildman–Crippen MR) is 79.6 cm³/mol. The van der Waals surface area contributed by atoms with Crippen molar-refractivity contribution in [2.75, 3.05) is 12.0 Å². The summed E-state index contributed by atoms with van der Waals surface area (Å²) < 4.78 is 22.9. The molecule has 0 aromatic carbocycles. The van der Waals surface area contributed by atoms with Gasteiger partial charge in [0.1, 0.15) is 14.7 Å². The van der Waals surface area contributed by atoms with E-state index in [2.05, 4.69) is 0 Å². The molecule has 1 heterocycles. The summed E-state index contributed by atoms with van der Waals surface area (Å²) >= 11 is 0.995. The van der Waals surface area contributed by atoms with Gasteiger partial charge in [0.2, 0.25) is 0 Å². The van der Waals surface area contributed by atoms with Crippen LogP contribution in [-0.2, 0) is 9.84 Å². The van der Waals surface area contributed by atoms with Crippen LogP contribution < -0.4 is 0 Å². The first-order valence-electron chi connectivity index (χ1n) is 6.51. The van der Waals surface area contributed by atoms with Crippen molar-refractivity contribution in [3.05, 3.63) is 21.9 Å². The van der Waals surface area contributed by atoms with Crippen LogP contribution in [0, 0.1) is 0 Å². The van der Waals surface area contributed by atoms with Gasteiger partial charge in [-0.15, -0.1) is 11.3 Å². The number of hydrogen-bond donors (Lipinski definition) is 1. The van der Waals surface area contributed by atoms with E-state index in [0.717, 1.165) is 30.4 Å². The average Bonchev–Trinajstić information content (AvgIpc) is 3.02. The second kappa shape index (κ2) is 5.76. The Balaban J connectivity index is 2.21. The van der Waals surface area contributed by atoms with Gasteiger partial charge in [0.15, 0.2) is 0 Å². The SMILES string of the molecule is CC(CS(C)(=O)=O)N(C(=O)c1csc(C(=O)O)c1)C1CC1. The van der Waals surface area contributed by atoms with Crippen LogP contribution in [0.1, 0.15) is 39.8 Å². The molecule has 1 amide bonds. The third-order valence-electron chi connectivity index (χ3n) is 3.25. The van der Waals surface area contributed by atoms with E-state index in [1.807, 2.05) is 0 Å². The fourth-order valence-electron chi connectivity index (χ4n) is 2.31. The highest BCUT2D eigenvalue weighted by Crippen LogP contribution is 2.31. The molecule has 1 fully saturated rings. The van der Waals surface area contributed by atoms with Gasteiger partial charge in [-0.1, -0.05) is 0 Å². The number of thiophene rings is 1. The zero-order valence-electron chi connectivity index (χ0n) is 11.8. The maximum atomic E-state index is 12.5. The molecule has 2 rings (SSSR count). The lowest BCUT2D eigenvalue weighted by molar-refractivity contribution is 0.0692. The van der Waals surface area contributed by atoms with Crippen LogP contribution in [0.4, 0.5) is 0 Å². The molecule has 1 atom stereocenters. The molecule has 116 valence electrons. The smallest absolute Gasteiger partial charge is 0.345 e. The molecule has 8 heteroatoms. The molecule has 1 aromatic heterocycles. The highest BCUT2D eigenvalue weighted by atomic mass is 32.2. The molecule has 0 radical (unpaired) electrons. The second-order valence-electron chi connectivity index (χ2n) is 5.39. The number of hydrogen-bond acceptors (Lipinski definition) is 5. The number of aromatic carboxylic acids is 1. The van der Waals surface area contributed by atoms with E-state index in [1.54, 1.807) is 11.8 Å². The average molecular weight is 331 g/mol.